The molecule has 2 aromatic heterocycles. The predicted octanol–water partition coefficient (Wildman–Crippen LogP) is 2.75. The van der Waals surface area contributed by atoms with Crippen LogP contribution in [0.5, 0.6) is 0 Å². The first-order chi connectivity index (χ1) is 14.1. The highest BCUT2D eigenvalue weighted by Gasteiger charge is 2.46. The summed E-state index contributed by atoms with van der Waals surface area (Å²) in [6.07, 6.45) is 1.22. The van der Waals surface area contributed by atoms with E-state index in [0.717, 1.165) is 19.1 Å². The van der Waals surface area contributed by atoms with Gasteiger partial charge >= 0.3 is 5.92 Å². The van der Waals surface area contributed by atoms with E-state index < -0.39 is 51.6 Å². The number of benzene rings is 1. The second-order valence-corrected chi connectivity index (χ2v) is 6.42. The third kappa shape index (κ3) is 3.47. The van der Waals surface area contributed by atoms with Gasteiger partial charge in [0.1, 0.15) is 11.8 Å². The highest BCUT2D eigenvalue weighted by molar-refractivity contribution is 5.89. The second-order valence-electron chi connectivity index (χ2n) is 6.42. The molecule has 0 saturated heterocycles. The van der Waals surface area contributed by atoms with Crippen LogP contribution < -0.4 is 10.9 Å². The van der Waals surface area contributed by atoms with Crippen molar-refractivity contribution < 1.29 is 22.4 Å². The highest BCUT2D eigenvalue weighted by atomic mass is 19.3. The molecule has 11 heteroatoms. The van der Waals surface area contributed by atoms with E-state index in [1.54, 1.807) is 6.07 Å². The minimum atomic E-state index is -4.38. The summed E-state index contributed by atoms with van der Waals surface area (Å²) in [5.74, 6) is -9.07. The van der Waals surface area contributed by atoms with Crippen molar-refractivity contribution in [2.75, 3.05) is 0 Å². The maximum absolute atomic E-state index is 14.9. The topological polar surface area (TPSA) is 112 Å². The molecule has 3 aromatic rings. The fraction of sp³-hybridized carbons (Fsp3) is 0.211. The monoisotopic (exact) mass is 419 g/mol. The molecule has 0 bridgehead atoms. The summed E-state index contributed by atoms with van der Waals surface area (Å²) in [5, 5.41) is 10.3. The summed E-state index contributed by atoms with van der Waals surface area (Å²) >= 11 is 0. The molecule has 0 radical (unpaired) electrons. The number of aromatic nitrogens is 3. The van der Waals surface area contributed by atoms with Gasteiger partial charge in [-0.15, -0.1) is 0 Å². The molecule has 0 aliphatic rings. The molecule has 0 aliphatic heterocycles. The van der Waals surface area contributed by atoms with Gasteiger partial charge in [0.25, 0.3) is 11.5 Å². The fourth-order valence-electron chi connectivity index (χ4n) is 2.99. The average Bonchev–Trinajstić information content (AvgIpc) is 2.70. The first kappa shape index (κ1) is 20.9. The first-order valence-corrected chi connectivity index (χ1v) is 8.50. The Balaban J connectivity index is 2.03. The summed E-state index contributed by atoms with van der Waals surface area (Å²) < 4.78 is 57.6. The number of nitriles is 1. The van der Waals surface area contributed by atoms with E-state index in [0.29, 0.717) is 0 Å². The van der Waals surface area contributed by atoms with Crippen molar-refractivity contribution in [3.63, 3.8) is 0 Å². The molecule has 2 heterocycles. The third-order valence-corrected chi connectivity index (χ3v) is 4.44. The number of H-pyrrole nitrogens is 1. The molecule has 3 rings (SSSR count). The van der Waals surface area contributed by atoms with Crippen molar-refractivity contribution in [2.24, 2.45) is 0 Å². The molecule has 154 valence electrons. The number of carbonyl (C=O) groups is 1. The zero-order chi connectivity index (χ0) is 22.2. The fourth-order valence-corrected chi connectivity index (χ4v) is 2.99. The number of halogens is 4. The number of pyridine rings is 1. The lowest BCUT2D eigenvalue weighted by atomic mass is 9.98. The van der Waals surface area contributed by atoms with Crippen molar-refractivity contribution >= 4 is 16.8 Å². The van der Waals surface area contributed by atoms with Gasteiger partial charge in [0.15, 0.2) is 17.5 Å². The van der Waals surface area contributed by atoms with Crippen molar-refractivity contribution in [2.45, 2.75) is 25.8 Å². The minimum absolute atomic E-state index is 0.0350. The van der Waals surface area contributed by atoms with Crippen LogP contribution >= 0.6 is 0 Å². The van der Waals surface area contributed by atoms with E-state index in [1.807, 2.05) is 10.3 Å². The minimum Gasteiger partial charge on any atom is -0.341 e. The molecule has 0 aliphatic carbocycles. The Morgan fingerprint density at radius 3 is 2.67 bits per heavy atom. The predicted molar refractivity (Wildman–Crippen MR) is 96.4 cm³/mol. The van der Waals surface area contributed by atoms with Crippen molar-refractivity contribution in [3.8, 4) is 6.07 Å². The van der Waals surface area contributed by atoms with Gasteiger partial charge in [-0.3, -0.25) is 9.59 Å². The van der Waals surface area contributed by atoms with Gasteiger partial charge in [-0.2, -0.15) is 14.0 Å². The Labute approximate surface area is 166 Å². The van der Waals surface area contributed by atoms with Crippen molar-refractivity contribution in [1.29, 1.82) is 5.26 Å². The van der Waals surface area contributed by atoms with Crippen molar-refractivity contribution in [3.05, 3.63) is 69.0 Å². The number of carbonyl (C=O) groups excluding carboxylic acids is 1. The average molecular weight is 419 g/mol. The number of aryl methyl sites for hydroxylation is 1. The van der Waals surface area contributed by atoms with Crippen molar-refractivity contribution in [1.82, 2.24) is 20.3 Å². The Kier molecular flexibility index (Phi) is 5.26. The zero-order valence-corrected chi connectivity index (χ0v) is 15.6. The number of aromatic amines is 1. The van der Waals surface area contributed by atoms with Crippen LogP contribution in [-0.4, -0.2) is 20.9 Å². The number of hydrogen-bond donors (Lipinski definition) is 2. The molecule has 30 heavy (non-hydrogen) atoms. The van der Waals surface area contributed by atoms with Gasteiger partial charge in [-0.1, -0.05) is 0 Å². The molecule has 2 N–H and O–H groups in total. The summed E-state index contributed by atoms with van der Waals surface area (Å²) in [4.78, 5) is 34.2. The number of rotatable bonds is 4. The van der Waals surface area contributed by atoms with E-state index >= 15 is 0 Å². The SMILES string of the molecule is Cc1c(C(F)(F)C(=O)N[C@@H](C)c2nccc(C#N)n2)c(=O)[nH]c2ccc(F)c(F)c12. The third-order valence-electron chi connectivity index (χ3n) is 4.44. The summed E-state index contributed by atoms with van der Waals surface area (Å²) in [7, 11) is 0. The van der Waals surface area contributed by atoms with Gasteiger partial charge < -0.3 is 10.3 Å². The highest BCUT2D eigenvalue weighted by Crippen LogP contribution is 2.33. The van der Waals surface area contributed by atoms with Crippen LogP contribution in [-0.2, 0) is 10.7 Å². The molecule has 0 saturated carbocycles. The van der Waals surface area contributed by atoms with E-state index in [2.05, 4.69) is 9.97 Å². The van der Waals surface area contributed by atoms with Crippen LogP contribution in [0.4, 0.5) is 17.6 Å². The van der Waals surface area contributed by atoms with E-state index in [-0.39, 0.29) is 17.0 Å². The standard InChI is InChI=1S/C19H13F4N5O2/c1-8-13-12(4-3-11(20)15(13)21)28-17(29)14(8)19(22,23)18(30)26-9(2)16-25-6-5-10(7-24)27-16/h3-6,9H,1-2H3,(H,26,30)(H,28,29)/t9-/m0/s1. The molecule has 0 fully saturated rings. The maximum Gasteiger partial charge on any atom is 0.355 e. The number of fused-ring (bicyclic) bond motifs is 1. The van der Waals surface area contributed by atoms with E-state index in [1.165, 1.54) is 19.2 Å². The molecule has 1 atom stereocenters. The lowest BCUT2D eigenvalue weighted by Crippen LogP contribution is -2.43. The number of nitrogens with one attached hydrogen (secondary N) is 2. The summed E-state index contributed by atoms with van der Waals surface area (Å²) in [5.41, 5.74) is -3.42. The first-order valence-electron chi connectivity index (χ1n) is 8.50. The van der Waals surface area contributed by atoms with Crippen LogP contribution in [0.25, 0.3) is 10.9 Å². The van der Waals surface area contributed by atoms with Gasteiger partial charge in [0, 0.05) is 11.6 Å². The van der Waals surface area contributed by atoms with Crippen LogP contribution in [0.2, 0.25) is 0 Å². The van der Waals surface area contributed by atoms with Crippen LogP contribution in [0.1, 0.15) is 35.6 Å². The Bertz CT molecular complexity index is 1270. The Morgan fingerprint density at radius 1 is 1.30 bits per heavy atom. The number of amides is 1. The second kappa shape index (κ2) is 7.55. The molecule has 0 spiro atoms. The lowest BCUT2D eigenvalue weighted by Gasteiger charge is -2.21. The number of alkyl halides is 2. The molecular weight excluding hydrogens is 406 g/mol. The Hall–Kier alpha value is -3.81. The maximum atomic E-state index is 14.9. The summed E-state index contributed by atoms with van der Waals surface area (Å²) in [6, 6.07) is 3.68. The number of nitrogens with zero attached hydrogens (tertiary/aromatic N) is 3. The van der Waals surface area contributed by atoms with Crippen LogP contribution in [0.15, 0.2) is 29.2 Å². The van der Waals surface area contributed by atoms with Gasteiger partial charge in [0.2, 0.25) is 0 Å². The molecule has 7 nitrogen and oxygen atoms in total. The Morgan fingerprint density at radius 2 is 2.00 bits per heavy atom. The van der Waals surface area contributed by atoms with E-state index in [4.69, 9.17) is 5.26 Å². The van der Waals surface area contributed by atoms with Gasteiger partial charge in [-0.05, 0) is 37.6 Å². The number of hydrogen-bond acceptors (Lipinski definition) is 5. The zero-order valence-electron chi connectivity index (χ0n) is 15.6. The van der Waals surface area contributed by atoms with Gasteiger partial charge in [0.05, 0.1) is 17.1 Å². The smallest absolute Gasteiger partial charge is 0.341 e. The molecule has 0 unspecified atom stereocenters. The normalized spacial score (nSPS) is 12.4. The molecule has 1 amide bonds. The van der Waals surface area contributed by atoms with E-state index in [9.17, 15) is 27.2 Å². The van der Waals surface area contributed by atoms with Crippen LogP contribution in [0.3, 0.4) is 0 Å². The largest absolute Gasteiger partial charge is 0.355 e. The summed E-state index contributed by atoms with van der Waals surface area (Å²) in [6.45, 7) is 2.30. The van der Waals surface area contributed by atoms with Crippen LogP contribution in [0, 0.1) is 29.9 Å². The lowest BCUT2D eigenvalue weighted by molar-refractivity contribution is -0.148. The molecular formula is C19H13F4N5O2. The van der Waals surface area contributed by atoms with Gasteiger partial charge in [-0.25, -0.2) is 18.7 Å². The quantitative estimate of drug-likeness (QED) is 0.632. The molecule has 1 aromatic carbocycles.